The molecule has 4 rings (SSSR count). The second-order valence-electron chi connectivity index (χ2n) is 9.18. The molecule has 2 aromatic carbocycles. The summed E-state index contributed by atoms with van der Waals surface area (Å²) in [6.07, 6.45) is 2.10. The molecule has 0 saturated carbocycles. The van der Waals surface area contributed by atoms with E-state index in [4.69, 9.17) is 5.11 Å². The smallest absolute Gasteiger partial charge is 0.303 e. The molecule has 0 saturated heterocycles. The number of carboxylic acid groups (broad SMARTS) is 1. The molecule has 0 amide bonds. The number of benzene rings is 2. The number of aromatic nitrogens is 2. The number of hydrogen-bond donors (Lipinski definition) is 2. The highest BCUT2D eigenvalue weighted by Crippen LogP contribution is 2.43. The maximum absolute atomic E-state index is 15.4. The molecule has 2 N–H and O–H groups in total. The lowest BCUT2D eigenvalue weighted by Gasteiger charge is -2.44. The van der Waals surface area contributed by atoms with Crippen molar-refractivity contribution >= 4 is 16.9 Å². The van der Waals surface area contributed by atoms with Gasteiger partial charge in [0.15, 0.2) is 0 Å². The van der Waals surface area contributed by atoms with Crippen molar-refractivity contribution in [2.45, 2.75) is 57.8 Å². The van der Waals surface area contributed by atoms with E-state index in [1.807, 2.05) is 24.0 Å². The molecular formula is C24H26F3N3O2. The lowest BCUT2D eigenvalue weighted by atomic mass is 9.82. The van der Waals surface area contributed by atoms with Gasteiger partial charge in [-0.2, -0.15) is 5.10 Å². The van der Waals surface area contributed by atoms with E-state index in [9.17, 15) is 9.18 Å². The summed E-state index contributed by atoms with van der Waals surface area (Å²) in [6.45, 7) is 4.83. The largest absolute Gasteiger partial charge is 0.481 e. The van der Waals surface area contributed by atoms with Crippen LogP contribution in [0.3, 0.4) is 0 Å². The Morgan fingerprint density at radius 2 is 1.97 bits per heavy atom. The van der Waals surface area contributed by atoms with E-state index < -0.39 is 29.3 Å². The van der Waals surface area contributed by atoms with Crippen molar-refractivity contribution in [1.29, 1.82) is 0 Å². The van der Waals surface area contributed by atoms with Crippen molar-refractivity contribution in [3.63, 3.8) is 0 Å². The number of aryl methyl sites for hydroxylation is 1. The number of hydrogen-bond acceptors (Lipinski definition) is 3. The highest BCUT2D eigenvalue weighted by molar-refractivity contribution is 5.83. The van der Waals surface area contributed by atoms with Crippen LogP contribution in [-0.2, 0) is 17.6 Å². The Balaban J connectivity index is 1.88. The predicted octanol–water partition coefficient (Wildman–Crippen LogP) is 4.94. The molecule has 5 nitrogen and oxygen atoms in total. The SMILES string of the molecule is CC1Cc2c(ccc3[nH]ncc23)C(c2c(F)cc(CCC(=O)O)cc2F)N1CC(C)(C)F. The quantitative estimate of drug-likeness (QED) is 0.564. The normalized spacial score (nSPS) is 19.3. The number of alkyl halides is 1. The summed E-state index contributed by atoms with van der Waals surface area (Å²) in [7, 11) is 0. The minimum Gasteiger partial charge on any atom is -0.481 e. The summed E-state index contributed by atoms with van der Waals surface area (Å²) < 4.78 is 45.5. The number of rotatable bonds is 6. The first-order valence-corrected chi connectivity index (χ1v) is 10.6. The second kappa shape index (κ2) is 8.24. The third-order valence-corrected chi connectivity index (χ3v) is 6.06. The van der Waals surface area contributed by atoms with E-state index in [2.05, 4.69) is 10.2 Å². The molecule has 1 aromatic heterocycles. The lowest BCUT2D eigenvalue weighted by Crippen LogP contribution is -2.48. The number of nitrogens with zero attached hydrogens (tertiary/aromatic N) is 2. The predicted molar refractivity (Wildman–Crippen MR) is 115 cm³/mol. The summed E-state index contributed by atoms with van der Waals surface area (Å²) >= 11 is 0. The van der Waals surface area contributed by atoms with Crippen molar-refractivity contribution in [1.82, 2.24) is 15.1 Å². The van der Waals surface area contributed by atoms with E-state index in [0.29, 0.717) is 6.42 Å². The summed E-state index contributed by atoms with van der Waals surface area (Å²) in [5.74, 6) is -2.56. The number of nitrogens with one attached hydrogen (secondary N) is 1. The molecule has 1 aliphatic heterocycles. The van der Waals surface area contributed by atoms with Crippen molar-refractivity contribution in [2.75, 3.05) is 6.54 Å². The monoisotopic (exact) mass is 445 g/mol. The van der Waals surface area contributed by atoms with Gasteiger partial charge in [0.25, 0.3) is 0 Å². The van der Waals surface area contributed by atoms with Crippen LogP contribution in [0.15, 0.2) is 30.5 Å². The van der Waals surface area contributed by atoms with Crippen LogP contribution < -0.4 is 0 Å². The summed E-state index contributed by atoms with van der Waals surface area (Å²) in [6, 6.07) is 5.03. The molecule has 0 radical (unpaired) electrons. The van der Waals surface area contributed by atoms with Gasteiger partial charge in [0, 0.05) is 30.0 Å². The van der Waals surface area contributed by atoms with Gasteiger partial charge in [0.2, 0.25) is 0 Å². The Kier molecular flexibility index (Phi) is 5.75. The maximum Gasteiger partial charge on any atom is 0.303 e. The van der Waals surface area contributed by atoms with Gasteiger partial charge in [-0.3, -0.25) is 14.8 Å². The number of halogens is 3. The zero-order chi connectivity index (χ0) is 23.2. The lowest BCUT2D eigenvalue weighted by molar-refractivity contribution is -0.136. The molecule has 2 atom stereocenters. The van der Waals surface area contributed by atoms with Gasteiger partial charge in [-0.25, -0.2) is 13.2 Å². The molecule has 8 heteroatoms. The molecule has 2 heterocycles. The molecule has 0 bridgehead atoms. The molecule has 0 fully saturated rings. The Bertz CT molecular complexity index is 1150. The molecule has 0 aliphatic carbocycles. The van der Waals surface area contributed by atoms with Crippen LogP contribution in [0.5, 0.6) is 0 Å². The van der Waals surface area contributed by atoms with Crippen LogP contribution in [0.25, 0.3) is 10.9 Å². The molecule has 2 unspecified atom stereocenters. The Hall–Kier alpha value is -2.87. The zero-order valence-corrected chi connectivity index (χ0v) is 18.3. The third-order valence-electron chi connectivity index (χ3n) is 6.06. The summed E-state index contributed by atoms with van der Waals surface area (Å²) in [5, 5.41) is 16.8. The van der Waals surface area contributed by atoms with Gasteiger partial charge in [-0.05, 0) is 68.5 Å². The number of carbonyl (C=O) groups is 1. The van der Waals surface area contributed by atoms with Gasteiger partial charge in [0.05, 0.1) is 17.8 Å². The van der Waals surface area contributed by atoms with Crippen LogP contribution in [0.1, 0.15) is 55.5 Å². The summed E-state index contributed by atoms with van der Waals surface area (Å²) in [4.78, 5) is 12.7. The van der Waals surface area contributed by atoms with Gasteiger partial charge in [-0.15, -0.1) is 0 Å². The molecule has 170 valence electrons. The van der Waals surface area contributed by atoms with Gasteiger partial charge in [0.1, 0.15) is 17.3 Å². The Morgan fingerprint density at radius 1 is 1.28 bits per heavy atom. The van der Waals surface area contributed by atoms with Crippen LogP contribution in [0.2, 0.25) is 0 Å². The Morgan fingerprint density at radius 3 is 2.59 bits per heavy atom. The molecule has 0 spiro atoms. The van der Waals surface area contributed by atoms with E-state index in [-0.39, 0.29) is 36.6 Å². The zero-order valence-electron chi connectivity index (χ0n) is 18.3. The minimum absolute atomic E-state index is 0.00133. The fourth-order valence-electron chi connectivity index (χ4n) is 4.72. The first-order valence-electron chi connectivity index (χ1n) is 10.6. The van der Waals surface area contributed by atoms with Gasteiger partial charge in [-0.1, -0.05) is 6.07 Å². The molecule has 1 aliphatic rings. The number of aromatic amines is 1. The number of H-pyrrole nitrogens is 1. The van der Waals surface area contributed by atoms with E-state index in [1.165, 1.54) is 26.0 Å². The number of aliphatic carboxylic acids is 1. The number of fused-ring (bicyclic) bond motifs is 3. The highest BCUT2D eigenvalue weighted by Gasteiger charge is 2.39. The van der Waals surface area contributed by atoms with E-state index >= 15 is 8.78 Å². The fraction of sp³-hybridized carbons (Fsp3) is 0.417. The summed E-state index contributed by atoms with van der Waals surface area (Å²) in [5.41, 5.74) is 1.05. The fourth-order valence-corrected chi connectivity index (χ4v) is 4.72. The van der Waals surface area contributed by atoms with Crippen molar-refractivity contribution in [2.24, 2.45) is 0 Å². The first kappa shape index (κ1) is 22.3. The molecular weight excluding hydrogens is 419 g/mol. The van der Waals surface area contributed by atoms with Crippen LogP contribution >= 0.6 is 0 Å². The third kappa shape index (κ3) is 4.24. The molecule has 3 aromatic rings. The van der Waals surface area contributed by atoms with E-state index in [1.54, 1.807) is 6.20 Å². The average Bonchev–Trinajstić information content (AvgIpc) is 3.16. The van der Waals surface area contributed by atoms with Crippen LogP contribution in [0, 0.1) is 11.6 Å². The topological polar surface area (TPSA) is 69.2 Å². The number of carboxylic acids is 1. The van der Waals surface area contributed by atoms with Gasteiger partial charge >= 0.3 is 5.97 Å². The highest BCUT2D eigenvalue weighted by atomic mass is 19.1. The Labute approximate surface area is 184 Å². The van der Waals surface area contributed by atoms with Crippen molar-refractivity contribution in [3.8, 4) is 0 Å². The van der Waals surface area contributed by atoms with E-state index in [0.717, 1.165) is 22.0 Å². The first-order chi connectivity index (χ1) is 15.0. The second-order valence-corrected chi connectivity index (χ2v) is 9.18. The van der Waals surface area contributed by atoms with Crippen molar-refractivity contribution in [3.05, 3.63) is 64.4 Å². The average molecular weight is 445 g/mol. The molecule has 32 heavy (non-hydrogen) atoms. The van der Waals surface area contributed by atoms with Crippen LogP contribution in [-0.4, -0.2) is 44.4 Å². The van der Waals surface area contributed by atoms with Crippen LogP contribution in [0.4, 0.5) is 13.2 Å². The maximum atomic E-state index is 15.4. The van der Waals surface area contributed by atoms with Gasteiger partial charge < -0.3 is 5.11 Å². The van der Waals surface area contributed by atoms with Crippen molar-refractivity contribution < 1.29 is 23.1 Å². The standard InChI is InChI=1S/C24H26F3N3O2/c1-13-8-16-15(5-6-20-17(16)11-28-29-20)23(30(13)12-24(2,3)27)22-18(25)9-14(10-19(22)26)4-7-21(31)32/h5-6,9-11,13,23H,4,7-8,12H2,1-3H3,(H,28,29)(H,31,32). The minimum atomic E-state index is -1.57.